The molecule has 0 fully saturated rings. The molecule has 1 aliphatic rings. The van der Waals surface area contributed by atoms with Gasteiger partial charge in [-0.3, -0.25) is 4.98 Å². The zero-order chi connectivity index (χ0) is 18.2. The molecule has 0 saturated heterocycles. The third-order valence-electron chi connectivity index (χ3n) is 3.67. The molecular weight excluding hydrogens is 357 g/mol. The molecular formula is C15H13F3N4O2S. The average Bonchev–Trinajstić information content (AvgIpc) is 3.00. The lowest BCUT2D eigenvalue weighted by Crippen LogP contribution is -2.17. The molecule has 2 aromatic rings. The van der Waals surface area contributed by atoms with Crippen molar-refractivity contribution in [1.29, 1.82) is 0 Å². The number of pyridine rings is 1. The third-order valence-corrected chi connectivity index (χ3v) is 4.63. The fourth-order valence-corrected chi connectivity index (χ4v) is 3.10. The van der Waals surface area contributed by atoms with Crippen LogP contribution in [-0.4, -0.2) is 23.0 Å². The van der Waals surface area contributed by atoms with Crippen molar-refractivity contribution < 1.29 is 21.6 Å². The van der Waals surface area contributed by atoms with Gasteiger partial charge in [0.25, 0.3) is 0 Å². The predicted molar refractivity (Wildman–Crippen MR) is 84.4 cm³/mol. The Kier molecular flexibility index (Phi) is 4.25. The second-order valence-electron chi connectivity index (χ2n) is 5.41. The molecule has 6 nitrogen and oxygen atoms in total. The van der Waals surface area contributed by atoms with Gasteiger partial charge >= 0.3 is 6.18 Å². The molecule has 3 rings (SSSR count). The van der Waals surface area contributed by atoms with E-state index in [-0.39, 0.29) is 17.2 Å². The molecule has 2 aromatic heterocycles. The van der Waals surface area contributed by atoms with E-state index in [0.29, 0.717) is 5.56 Å². The maximum atomic E-state index is 13.1. The van der Waals surface area contributed by atoms with E-state index in [1.54, 1.807) is 12.1 Å². The molecule has 0 aliphatic heterocycles. The van der Waals surface area contributed by atoms with Crippen LogP contribution < -0.4 is 5.14 Å². The predicted octanol–water partition coefficient (Wildman–Crippen LogP) is 2.64. The Labute approximate surface area is 141 Å². The van der Waals surface area contributed by atoms with Gasteiger partial charge in [0.15, 0.2) is 5.69 Å². The van der Waals surface area contributed by atoms with E-state index in [1.807, 2.05) is 0 Å². The van der Waals surface area contributed by atoms with Crippen molar-refractivity contribution >= 4 is 10.0 Å². The molecule has 0 saturated carbocycles. The monoisotopic (exact) mass is 370 g/mol. The highest BCUT2D eigenvalue weighted by Crippen LogP contribution is 2.34. The van der Waals surface area contributed by atoms with Gasteiger partial charge < -0.3 is 4.57 Å². The van der Waals surface area contributed by atoms with Gasteiger partial charge in [-0.25, -0.2) is 18.5 Å². The standard InChI is InChI=1S/C15H13F3N4O2S/c16-15(17,18)13-9-22(14(21-13)10-2-1-7-20-8-10)11-3-5-12(6-4-11)25(19,23)24/h1-3,5-9,11H,4H2,(H2,19,23,24). The lowest BCUT2D eigenvalue weighted by atomic mass is 10.1. The van der Waals surface area contributed by atoms with Crippen LogP contribution in [-0.2, 0) is 16.2 Å². The first-order chi connectivity index (χ1) is 11.7. The largest absolute Gasteiger partial charge is 0.434 e. The van der Waals surface area contributed by atoms with Crippen molar-refractivity contribution in [2.24, 2.45) is 5.14 Å². The Morgan fingerprint density at radius 2 is 2.08 bits per heavy atom. The van der Waals surface area contributed by atoms with Gasteiger partial charge in [-0.2, -0.15) is 13.2 Å². The quantitative estimate of drug-likeness (QED) is 0.899. The Morgan fingerprint density at radius 3 is 2.60 bits per heavy atom. The highest BCUT2D eigenvalue weighted by Gasteiger charge is 2.35. The summed E-state index contributed by atoms with van der Waals surface area (Å²) >= 11 is 0. The summed E-state index contributed by atoms with van der Waals surface area (Å²) in [5.74, 6) is 0.0996. The maximum Gasteiger partial charge on any atom is 0.434 e. The van der Waals surface area contributed by atoms with Crippen LogP contribution in [0.2, 0.25) is 0 Å². The summed E-state index contributed by atoms with van der Waals surface area (Å²) in [6.07, 6.45) is 3.55. The highest BCUT2D eigenvalue weighted by molar-refractivity contribution is 7.93. The topological polar surface area (TPSA) is 90.9 Å². The summed E-state index contributed by atoms with van der Waals surface area (Å²) in [4.78, 5) is 7.53. The molecule has 2 heterocycles. The Balaban J connectivity index is 2.03. The summed E-state index contributed by atoms with van der Waals surface area (Å²) in [6, 6.07) is 2.67. The van der Waals surface area contributed by atoms with Crippen molar-refractivity contribution in [1.82, 2.24) is 14.5 Å². The van der Waals surface area contributed by atoms with Gasteiger partial charge in [0.1, 0.15) is 5.82 Å². The van der Waals surface area contributed by atoms with E-state index in [4.69, 9.17) is 5.14 Å². The van der Waals surface area contributed by atoms with E-state index >= 15 is 0 Å². The lowest BCUT2D eigenvalue weighted by Gasteiger charge is -2.19. The summed E-state index contributed by atoms with van der Waals surface area (Å²) in [7, 11) is -3.85. The second kappa shape index (κ2) is 6.12. The molecule has 10 heteroatoms. The van der Waals surface area contributed by atoms with Crippen molar-refractivity contribution in [2.45, 2.75) is 18.6 Å². The molecule has 0 bridgehead atoms. The number of aromatic nitrogens is 3. The van der Waals surface area contributed by atoms with Crippen LogP contribution in [0.1, 0.15) is 18.2 Å². The maximum absolute atomic E-state index is 13.1. The van der Waals surface area contributed by atoms with Crippen LogP contribution in [0.3, 0.4) is 0 Å². The summed E-state index contributed by atoms with van der Waals surface area (Å²) < 4.78 is 63.2. The van der Waals surface area contributed by atoms with Crippen LogP contribution in [0.15, 0.2) is 53.9 Å². The molecule has 25 heavy (non-hydrogen) atoms. The molecule has 0 amide bonds. The van der Waals surface area contributed by atoms with Crippen molar-refractivity contribution in [3.63, 3.8) is 0 Å². The van der Waals surface area contributed by atoms with Gasteiger partial charge in [-0.05, 0) is 24.6 Å². The van der Waals surface area contributed by atoms with Crippen LogP contribution in [0, 0.1) is 0 Å². The normalized spacial score (nSPS) is 18.2. The first-order valence-corrected chi connectivity index (χ1v) is 8.68. The number of nitrogens with zero attached hydrogens (tertiary/aromatic N) is 3. The summed E-state index contributed by atoms with van der Waals surface area (Å²) in [5, 5.41) is 5.05. The van der Waals surface area contributed by atoms with E-state index in [1.165, 1.54) is 35.2 Å². The first-order valence-electron chi connectivity index (χ1n) is 7.14. The van der Waals surface area contributed by atoms with E-state index in [9.17, 15) is 21.6 Å². The minimum atomic E-state index is -4.60. The molecule has 0 radical (unpaired) electrons. The van der Waals surface area contributed by atoms with E-state index < -0.39 is 27.9 Å². The molecule has 2 N–H and O–H groups in total. The number of imidazole rings is 1. The number of sulfonamides is 1. The molecule has 1 unspecified atom stereocenters. The van der Waals surface area contributed by atoms with E-state index in [2.05, 4.69) is 9.97 Å². The zero-order valence-electron chi connectivity index (χ0n) is 12.7. The van der Waals surface area contributed by atoms with Crippen molar-refractivity contribution in [3.05, 3.63) is 59.6 Å². The Bertz CT molecular complexity index is 947. The van der Waals surface area contributed by atoms with Crippen LogP contribution in [0.25, 0.3) is 11.4 Å². The first kappa shape index (κ1) is 17.4. The molecule has 132 valence electrons. The van der Waals surface area contributed by atoms with Crippen molar-refractivity contribution in [3.8, 4) is 11.4 Å². The summed E-state index contributed by atoms with van der Waals surface area (Å²) in [5.41, 5.74) is -0.603. The number of alkyl halides is 3. The van der Waals surface area contributed by atoms with Crippen LogP contribution >= 0.6 is 0 Å². The van der Waals surface area contributed by atoms with E-state index in [0.717, 1.165) is 6.20 Å². The second-order valence-corrected chi connectivity index (χ2v) is 6.97. The molecule has 0 spiro atoms. The smallest absolute Gasteiger partial charge is 0.323 e. The average molecular weight is 370 g/mol. The molecule has 0 aromatic carbocycles. The number of halogens is 3. The van der Waals surface area contributed by atoms with Gasteiger partial charge in [0.05, 0.1) is 10.9 Å². The van der Waals surface area contributed by atoms with Crippen LogP contribution in [0.4, 0.5) is 13.2 Å². The molecule has 1 atom stereocenters. The number of rotatable bonds is 3. The van der Waals surface area contributed by atoms with Crippen molar-refractivity contribution in [2.75, 3.05) is 0 Å². The lowest BCUT2D eigenvalue weighted by molar-refractivity contribution is -0.140. The third kappa shape index (κ3) is 3.64. The number of hydrogen-bond donors (Lipinski definition) is 1. The highest BCUT2D eigenvalue weighted by atomic mass is 32.2. The fourth-order valence-electron chi connectivity index (χ4n) is 2.50. The number of hydrogen-bond acceptors (Lipinski definition) is 4. The minimum Gasteiger partial charge on any atom is -0.323 e. The fraction of sp³-hybridized carbons (Fsp3) is 0.200. The number of nitrogens with two attached hydrogens (primary N) is 1. The molecule has 1 aliphatic carbocycles. The zero-order valence-corrected chi connectivity index (χ0v) is 13.5. The minimum absolute atomic E-state index is 0.0668. The van der Waals surface area contributed by atoms with Gasteiger partial charge in [-0.15, -0.1) is 0 Å². The Morgan fingerprint density at radius 1 is 1.32 bits per heavy atom. The van der Waals surface area contributed by atoms with Gasteiger partial charge in [-0.1, -0.05) is 12.2 Å². The van der Waals surface area contributed by atoms with Gasteiger partial charge in [0.2, 0.25) is 10.0 Å². The van der Waals surface area contributed by atoms with Crippen LogP contribution in [0.5, 0.6) is 0 Å². The Hall–Kier alpha value is -2.46. The number of allylic oxidation sites excluding steroid dienone is 3. The summed E-state index contributed by atoms with van der Waals surface area (Å²) in [6.45, 7) is 0. The number of primary sulfonamides is 1. The SMILES string of the molecule is NS(=O)(=O)C1=CCC(n2cc(C(F)(F)F)nc2-c2cccnc2)C=C1. The van der Waals surface area contributed by atoms with Gasteiger partial charge in [0, 0.05) is 24.2 Å².